The Kier molecular flexibility index (Phi) is 10.8. The molecule has 1 aromatic rings. The Morgan fingerprint density at radius 1 is 1.23 bits per heavy atom. The minimum atomic E-state index is -0.161. The Hall–Kier alpha value is -1.13. The van der Waals surface area contributed by atoms with Gasteiger partial charge in [0.05, 0.1) is 12.3 Å². The second kappa shape index (κ2) is 12.3. The molecular formula is C18H31FIN5O. The third-order valence-electron chi connectivity index (χ3n) is 4.45. The lowest BCUT2D eigenvalue weighted by atomic mass is 10.1. The van der Waals surface area contributed by atoms with Crippen molar-refractivity contribution in [2.75, 3.05) is 64.9 Å². The summed E-state index contributed by atoms with van der Waals surface area (Å²) in [5.74, 6) is 0.517. The van der Waals surface area contributed by atoms with E-state index < -0.39 is 0 Å². The van der Waals surface area contributed by atoms with Crippen LogP contribution in [-0.4, -0.2) is 70.9 Å². The van der Waals surface area contributed by atoms with Crippen molar-refractivity contribution in [3.8, 4) is 0 Å². The molecule has 1 fully saturated rings. The second-order valence-corrected chi connectivity index (χ2v) is 6.05. The summed E-state index contributed by atoms with van der Waals surface area (Å²) in [5.41, 5.74) is 1.59. The Bertz CT molecular complexity index is 565. The molecule has 1 heterocycles. The summed E-state index contributed by atoms with van der Waals surface area (Å²) in [7, 11) is 3.37. The summed E-state index contributed by atoms with van der Waals surface area (Å²) in [6, 6.07) is 5.46. The molecule has 2 N–H and O–H groups in total. The zero-order valence-electron chi connectivity index (χ0n) is 15.9. The summed E-state index contributed by atoms with van der Waals surface area (Å²) < 4.78 is 19.5. The quantitative estimate of drug-likeness (QED) is 0.271. The Labute approximate surface area is 173 Å². The maximum atomic E-state index is 14.5. The number of ether oxygens (including phenoxy) is 1. The summed E-state index contributed by atoms with van der Waals surface area (Å²) >= 11 is 0. The lowest BCUT2D eigenvalue weighted by Crippen LogP contribution is -2.46. The van der Waals surface area contributed by atoms with Crippen molar-refractivity contribution in [3.05, 3.63) is 29.6 Å². The zero-order chi connectivity index (χ0) is 18.1. The van der Waals surface area contributed by atoms with Gasteiger partial charge in [-0.3, -0.25) is 4.99 Å². The molecule has 8 heteroatoms. The average molecular weight is 479 g/mol. The standard InChI is InChI=1S/C18H30FN5O.HI/c1-4-23-8-10-24(11-9-23)17-6-5-15(13-16(17)19)14-22-18(20-2)21-7-12-25-3;/h5-6,13H,4,7-12,14H2,1-3H3,(H2,20,21,22);1H. The van der Waals surface area contributed by atoms with Gasteiger partial charge in [-0.05, 0) is 24.2 Å². The topological polar surface area (TPSA) is 52.1 Å². The van der Waals surface area contributed by atoms with E-state index in [4.69, 9.17) is 4.74 Å². The van der Waals surface area contributed by atoms with Gasteiger partial charge in [-0.1, -0.05) is 13.0 Å². The normalized spacial score (nSPS) is 15.5. The van der Waals surface area contributed by atoms with Gasteiger partial charge in [0.2, 0.25) is 0 Å². The first-order valence-electron chi connectivity index (χ1n) is 8.87. The number of benzene rings is 1. The molecule has 1 aromatic carbocycles. The highest BCUT2D eigenvalue weighted by molar-refractivity contribution is 14.0. The molecular weight excluding hydrogens is 448 g/mol. The molecule has 148 valence electrons. The fraction of sp³-hybridized carbons (Fsp3) is 0.611. The predicted molar refractivity (Wildman–Crippen MR) is 116 cm³/mol. The highest BCUT2D eigenvalue weighted by Gasteiger charge is 2.18. The number of piperazine rings is 1. The van der Waals surface area contributed by atoms with Gasteiger partial charge in [0.1, 0.15) is 5.82 Å². The Balaban J connectivity index is 0.00000338. The highest BCUT2D eigenvalue weighted by atomic mass is 127. The van der Waals surface area contributed by atoms with Crippen LogP contribution in [0.5, 0.6) is 0 Å². The number of hydrogen-bond acceptors (Lipinski definition) is 4. The van der Waals surface area contributed by atoms with E-state index in [0.717, 1.165) is 38.3 Å². The lowest BCUT2D eigenvalue weighted by Gasteiger charge is -2.35. The van der Waals surface area contributed by atoms with Gasteiger partial charge in [0.15, 0.2) is 5.96 Å². The monoisotopic (exact) mass is 479 g/mol. The van der Waals surface area contributed by atoms with E-state index in [1.807, 2.05) is 12.1 Å². The number of aliphatic imine (C=N–C) groups is 1. The van der Waals surface area contributed by atoms with Crippen LogP contribution in [0.1, 0.15) is 12.5 Å². The van der Waals surface area contributed by atoms with Gasteiger partial charge in [-0.15, -0.1) is 24.0 Å². The van der Waals surface area contributed by atoms with Crippen LogP contribution in [0.4, 0.5) is 10.1 Å². The predicted octanol–water partition coefficient (Wildman–Crippen LogP) is 1.90. The first-order valence-corrected chi connectivity index (χ1v) is 8.87. The average Bonchev–Trinajstić information content (AvgIpc) is 2.65. The number of nitrogens with one attached hydrogen (secondary N) is 2. The number of halogens is 2. The van der Waals surface area contributed by atoms with Crippen LogP contribution >= 0.6 is 24.0 Å². The molecule has 0 aromatic heterocycles. The molecule has 0 amide bonds. The van der Waals surface area contributed by atoms with Crippen LogP contribution in [0.15, 0.2) is 23.2 Å². The number of nitrogens with zero attached hydrogens (tertiary/aromatic N) is 3. The van der Waals surface area contributed by atoms with E-state index >= 15 is 0 Å². The Morgan fingerprint density at radius 3 is 2.54 bits per heavy atom. The van der Waals surface area contributed by atoms with E-state index in [-0.39, 0.29) is 29.8 Å². The van der Waals surface area contributed by atoms with E-state index in [1.54, 1.807) is 20.2 Å². The molecule has 0 atom stereocenters. The third-order valence-corrected chi connectivity index (χ3v) is 4.45. The molecule has 0 radical (unpaired) electrons. The third kappa shape index (κ3) is 6.88. The van der Waals surface area contributed by atoms with Crippen molar-refractivity contribution >= 4 is 35.6 Å². The van der Waals surface area contributed by atoms with Crippen molar-refractivity contribution < 1.29 is 9.13 Å². The van der Waals surface area contributed by atoms with Crippen molar-refractivity contribution in [3.63, 3.8) is 0 Å². The molecule has 0 bridgehead atoms. The van der Waals surface area contributed by atoms with Crippen LogP contribution in [0.2, 0.25) is 0 Å². The minimum absolute atomic E-state index is 0. The number of anilines is 1. The van der Waals surface area contributed by atoms with Gasteiger partial charge in [-0.25, -0.2) is 4.39 Å². The number of methoxy groups -OCH3 is 1. The van der Waals surface area contributed by atoms with Crippen molar-refractivity contribution in [1.82, 2.24) is 15.5 Å². The van der Waals surface area contributed by atoms with E-state index in [0.29, 0.717) is 31.3 Å². The maximum Gasteiger partial charge on any atom is 0.191 e. The minimum Gasteiger partial charge on any atom is -0.383 e. The molecule has 6 nitrogen and oxygen atoms in total. The molecule has 2 rings (SSSR count). The fourth-order valence-electron chi connectivity index (χ4n) is 2.90. The molecule has 1 aliphatic heterocycles. The fourth-order valence-corrected chi connectivity index (χ4v) is 2.90. The van der Waals surface area contributed by atoms with E-state index in [9.17, 15) is 4.39 Å². The van der Waals surface area contributed by atoms with Crippen LogP contribution in [-0.2, 0) is 11.3 Å². The molecule has 26 heavy (non-hydrogen) atoms. The van der Waals surface area contributed by atoms with Gasteiger partial charge < -0.3 is 25.2 Å². The van der Waals surface area contributed by atoms with Gasteiger partial charge in [-0.2, -0.15) is 0 Å². The molecule has 1 aliphatic rings. The van der Waals surface area contributed by atoms with Crippen molar-refractivity contribution in [2.45, 2.75) is 13.5 Å². The number of likely N-dealkylation sites (N-methyl/N-ethyl adjacent to an activating group) is 1. The number of guanidine groups is 1. The van der Waals surface area contributed by atoms with Crippen LogP contribution in [0, 0.1) is 5.82 Å². The van der Waals surface area contributed by atoms with Gasteiger partial charge in [0.25, 0.3) is 0 Å². The van der Waals surface area contributed by atoms with E-state index in [1.165, 1.54) is 0 Å². The molecule has 0 spiro atoms. The van der Waals surface area contributed by atoms with Gasteiger partial charge >= 0.3 is 0 Å². The smallest absolute Gasteiger partial charge is 0.191 e. The maximum absolute atomic E-state index is 14.5. The molecule has 1 saturated heterocycles. The van der Waals surface area contributed by atoms with Crippen LogP contribution < -0.4 is 15.5 Å². The summed E-state index contributed by atoms with van der Waals surface area (Å²) in [4.78, 5) is 8.65. The summed E-state index contributed by atoms with van der Waals surface area (Å²) in [6.07, 6.45) is 0. The molecule has 0 saturated carbocycles. The summed E-state index contributed by atoms with van der Waals surface area (Å²) in [6.45, 7) is 8.74. The summed E-state index contributed by atoms with van der Waals surface area (Å²) in [5, 5.41) is 6.32. The molecule has 0 unspecified atom stereocenters. The zero-order valence-corrected chi connectivity index (χ0v) is 18.3. The highest BCUT2D eigenvalue weighted by Crippen LogP contribution is 2.22. The number of hydrogen-bond donors (Lipinski definition) is 2. The Morgan fingerprint density at radius 2 is 1.96 bits per heavy atom. The van der Waals surface area contributed by atoms with Crippen molar-refractivity contribution in [2.24, 2.45) is 4.99 Å². The lowest BCUT2D eigenvalue weighted by molar-refractivity contribution is 0.203. The first kappa shape index (κ1) is 22.9. The second-order valence-electron chi connectivity index (χ2n) is 6.05. The largest absolute Gasteiger partial charge is 0.383 e. The van der Waals surface area contributed by atoms with Crippen molar-refractivity contribution in [1.29, 1.82) is 0 Å². The molecule has 0 aliphatic carbocycles. The first-order chi connectivity index (χ1) is 12.2. The van der Waals surface area contributed by atoms with E-state index in [2.05, 4.69) is 32.3 Å². The van der Waals surface area contributed by atoms with Crippen LogP contribution in [0.25, 0.3) is 0 Å². The SMILES string of the molecule is CCN1CCN(c2ccc(CNC(=NC)NCCOC)cc2F)CC1.I. The van der Waals surface area contributed by atoms with Crippen LogP contribution in [0.3, 0.4) is 0 Å². The number of rotatable bonds is 7. The van der Waals surface area contributed by atoms with Gasteiger partial charge in [0, 0.05) is 53.4 Å².